The molecule has 0 aliphatic heterocycles. The molecule has 0 atom stereocenters. The van der Waals surface area contributed by atoms with E-state index in [1.165, 1.54) is 11.4 Å². The van der Waals surface area contributed by atoms with Gasteiger partial charge in [-0.15, -0.1) is 5.10 Å². The number of para-hydroxylation sites is 1. The van der Waals surface area contributed by atoms with Crippen molar-refractivity contribution in [3.05, 3.63) is 65.6 Å². The topological polar surface area (TPSA) is 22.8 Å². The number of benzene rings is 1. The molecule has 1 aromatic carbocycles. The highest BCUT2D eigenvalue weighted by molar-refractivity contribution is 5.38. The minimum atomic E-state index is 0.973. The summed E-state index contributed by atoms with van der Waals surface area (Å²) < 4.78 is 4.15. The van der Waals surface area contributed by atoms with Crippen LogP contribution in [0.2, 0.25) is 0 Å². The third-order valence-corrected chi connectivity index (χ3v) is 3.38. The molecule has 0 amide bonds. The van der Waals surface area contributed by atoms with E-state index in [1.54, 1.807) is 0 Å². The molecule has 3 nitrogen and oxygen atoms in total. The second-order valence-corrected chi connectivity index (χ2v) is 4.84. The molecule has 110 valence electrons. The predicted octanol–water partition coefficient (Wildman–Crippen LogP) is 4.61. The van der Waals surface area contributed by atoms with E-state index in [9.17, 15) is 0 Å². The third-order valence-electron chi connectivity index (χ3n) is 3.38. The Kier molecular flexibility index (Phi) is 4.63. The molecule has 3 aromatic rings. The summed E-state index contributed by atoms with van der Waals surface area (Å²) in [5.41, 5.74) is 4.63. The third kappa shape index (κ3) is 2.92. The molecule has 3 rings (SSSR count). The summed E-state index contributed by atoms with van der Waals surface area (Å²) >= 11 is 0. The molecule has 0 saturated carbocycles. The number of rotatable bonds is 2. The molecule has 0 bridgehead atoms. The van der Waals surface area contributed by atoms with Gasteiger partial charge < -0.3 is 4.57 Å². The van der Waals surface area contributed by atoms with Crippen molar-refractivity contribution in [2.24, 2.45) is 0 Å². The fourth-order valence-electron chi connectivity index (χ4n) is 2.43. The van der Waals surface area contributed by atoms with Crippen LogP contribution in [0.3, 0.4) is 0 Å². The van der Waals surface area contributed by atoms with Crippen molar-refractivity contribution >= 4 is 0 Å². The molecule has 0 saturated heterocycles. The SMILES string of the molecule is CC.Cc1cc(-n2c(C)ccc2C)nn1-c1ccccc1. The fraction of sp³-hybridized carbons (Fsp3) is 0.278. The van der Waals surface area contributed by atoms with Gasteiger partial charge in [0, 0.05) is 23.1 Å². The predicted molar refractivity (Wildman–Crippen MR) is 88.5 cm³/mol. The van der Waals surface area contributed by atoms with Crippen molar-refractivity contribution in [1.29, 1.82) is 0 Å². The minimum Gasteiger partial charge on any atom is -0.302 e. The van der Waals surface area contributed by atoms with Crippen molar-refractivity contribution in [2.75, 3.05) is 0 Å². The fourth-order valence-corrected chi connectivity index (χ4v) is 2.43. The Morgan fingerprint density at radius 2 is 1.33 bits per heavy atom. The summed E-state index contributed by atoms with van der Waals surface area (Å²) in [7, 11) is 0. The quantitative estimate of drug-likeness (QED) is 0.672. The molecule has 2 heterocycles. The summed E-state index contributed by atoms with van der Waals surface area (Å²) in [6, 6.07) is 16.6. The second-order valence-electron chi connectivity index (χ2n) is 4.84. The Hall–Kier alpha value is -2.29. The lowest BCUT2D eigenvalue weighted by atomic mass is 10.3. The van der Waals surface area contributed by atoms with Gasteiger partial charge in [0.1, 0.15) is 0 Å². The van der Waals surface area contributed by atoms with Gasteiger partial charge in [0.25, 0.3) is 0 Å². The summed E-state index contributed by atoms with van der Waals surface area (Å²) in [5.74, 6) is 0.973. The molecular formula is C18H23N3. The van der Waals surface area contributed by atoms with Crippen molar-refractivity contribution in [3.63, 3.8) is 0 Å². The lowest BCUT2D eigenvalue weighted by Gasteiger charge is -2.05. The van der Waals surface area contributed by atoms with Crippen LogP contribution in [0.1, 0.15) is 30.9 Å². The first-order valence-corrected chi connectivity index (χ1v) is 7.44. The first-order chi connectivity index (χ1) is 10.2. The van der Waals surface area contributed by atoms with Crippen molar-refractivity contribution < 1.29 is 0 Å². The van der Waals surface area contributed by atoms with Gasteiger partial charge in [-0.1, -0.05) is 32.0 Å². The molecular weight excluding hydrogens is 258 g/mol. The van der Waals surface area contributed by atoms with Gasteiger partial charge in [0.15, 0.2) is 5.82 Å². The zero-order valence-electron chi connectivity index (χ0n) is 13.5. The van der Waals surface area contributed by atoms with E-state index in [0.717, 1.165) is 17.2 Å². The Morgan fingerprint density at radius 1 is 0.762 bits per heavy atom. The largest absolute Gasteiger partial charge is 0.302 e. The van der Waals surface area contributed by atoms with E-state index >= 15 is 0 Å². The van der Waals surface area contributed by atoms with E-state index in [1.807, 2.05) is 36.7 Å². The van der Waals surface area contributed by atoms with Gasteiger partial charge in [0.2, 0.25) is 0 Å². The number of aryl methyl sites for hydroxylation is 3. The molecule has 3 heteroatoms. The molecule has 0 aliphatic rings. The lowest BCUT2D eigenvalue weighted by molar-refractivity contribution is 0.810. The van der Waals surface area contributed by atoms with Crippen molar-refractivity contribution in [3.8, 4) is 11.5 Å². The lowest BCUT2D eigenvalue weighted by Crippen LogP contribution is -2.02. The molecule has 0 spiro atoms. The molecule has 21 heavy (non-hydrogen) atoms. The summed E-state index contributed by atoms with van der Waals surface area (Å²) in [5, 5.41) is 4.72. The average molecular weight is 281 g/mol. The van der Waals surface area contributed by atoms with Crippen LogP contribution in [0.15, 0.2) is 48.5 Å². The Labute approximate surface area is 126 Å². The number of hydrogen-bond acceptors (Lipinski definition) is 1. The maximum Gasteiger partial charge on any atom is 0.159 e. The highest BCUT2D eigenvalue weighted by Crippen LogP contribution is 2.18. The molecule has 0 unspecified atom stereocenters. The Morgan fingerprint density at radius 3 is 1.90 bits per heavy atom. The Balaban J connectivity index is 0.000000774. The van der Waals surface area contributed by atoms with Crippen LogP contribution in [0, 0.1) is 20.8 Å². The van der Waals surface area contributed by atoms with Crippen molar-refractivity contribution in [1.82, 2.24) is 14.3 Å². The van der Waals surface area contributed by atoms with Gasteiger partial charge in [-0.05, 0) is 45.0 Å². The normalized spacial score (nSPS) is 10.1. The second kappa shape index (κ2) is 6.44. The number of hydrogen-bond donors (Lipinski definition) is 0. The highest BCUT2D eigenvalue weighted by Gasteiger charge is 2.10. The van der Waals surface area contributed by atoms with E-state index in [0.29, 0.717) is 0 Å². The number of nitrogens with zero attached hydrogens (tertiary/aromatic N) is 3. The summed E-state index contributed by atoms with van der Waals surface area (Å²) in [6.07, 6.45) is 0. The zero-order valence-corrected chi connectivity index (χ0v) is 13.5. The first-order valence-electron chi connectivity index (χ1n) is 7.44. The van der Waals surface area contributed by atoms with E-state index in [-0.39, 0.29) is 0 Å². The van der Waals surface area contributed by atoms with Gasteiger partial charge in [-0.25, -0.2) is 4.68 Å². The van der Waals surface area contributed by atoms with Gasteiger partial charge in [0.05, 0.1) is 5.69 Å². The van der Waals surface area contributed by atoms with Crippen LogP contribution < -0.4 is 0 Å². The molecule has 0 aliphatic carbocycles. The van der Waals surface area contributed by atoms with Gasteiger partial charge in [-0.2, -0.15) is 0 Å². The molecule has 2 aromatic heterocycles. The maximum atomic E-state index is 4.72. The first kappa shape index (κ1) is 15.1. The monoisotopic (exact) mass is 281 g/mol. The van der Waals surface area contributed by atoms with Crippen LogP contribution in [0.4, 0.5) is 0 Å². The standard InChI is InChI=1S/C16H17N3.C2H6/c1-12-9-10-13(2)18(12)16-11-14(3)19(17-16)15-7-5-4-6-8-15;1-2/h4-11H,1-3H3;1-2H3. The van der Waals surface area contributed by atoms with E-state index < -0.39 is 0 Å². The smallest absolute Gasteiger partial charge is 0.159 e. The van der Waals surface area contributed by atoms with Gasteiger partial charge in [-0.3, -0.25) is 0 Å². The summed E-state index contributed by atoms with van der Waals surface area (Å²) in [4.78, 5) is 0. The summed E-state index contributed by atoms with van der Waals surface area (Å²) in [6.45, 7) is 10.3. The average Bonchev–Trinajstić information content (AvgIpc) is 3.05. The van der Waals surface area contributed by atoms with Crippen LogP contribution in [0.5, 0.6) is 0 Å². The minimum absolute atomic E-state index is 0.973. The van der Waals surface area contributed by atoms with Crippen LogP contribution in [-0.4, -0.2) is 14.3 Å². The Bertz CT molecular complexity index is 686. The van der Waals surface area contributed by atoms with E-state index in [2.05, 4.69) is 55.7 Å². The maximum absolute atomic E-state index is 4.72. The number of aromatic nitrogens is 3. The van der Waals surface area contributed by atoms with Crippen LogP contribution in [-0.2, 0) is 0 Å². The molecule has 0 fully saturated rings. The highest BCUT2D eigenvalue weighted by atomic mass is 15.3. The van der Waals surface area contributed by atoms with Crippen molar-refractivity contribution in [2.45, 2.75) is 34.6 Å². The van der Waals surface area contributed by atoms with Gasteiger partial charge >= 0.3 is 0 Å². The molecule has 0 radical (unpaired) electrons. The van der Waals surface area contributed by atoms with Crippen LogP contribution >= 0.6 is 0 Å². The zero-order chi connectivity index (χ0) is 15.4. The molecule has 0 N–H and O–H groups in total. The van der Waals surface area contributed by atoms with E-state index in [4.69, 9.17) is 5.10 Å². The van der Waals surface area contributed by atoms with Crippen LogP contribution in [0.25, 0.3) is 11.5 Å².